The smallest absolute Gasteiger partial charge is 0.251 e. The number of carbonyl (C=O) groups is 1. The molecule has 0 aliphatic heterocycles. The maximum atomic E-state index is 11.8. The summed E-state index contributed by atoms with van der Waals surface area (Å²) in [6, 6.07) is 6.13. The quantitative estimate of drug-likeness (QED) is 0.889. The third-order valence-corrected chi connectivity index (χ3v) is 3.62. The summed E-state index contributed by atoms with van der Waals surface area (Å²) in [5.74, 6) is -0.246. The van der Waals surface area contributed by atoms with Crippen molar-refractivity contribution in [2.75, 3.05) is 6.26 Å². The van der Waals surface area contributed by atoms with Crippen LogP contribution in [0.25, 0.3) is 0 Å². The van der Waals surface area contributed by atoms with Gasteiger partial charge in [0.15, 0.2) is 9.84 Å². The van der Waals surface area contributed by atoms with E-state index in [0.29, 0.717) is 5.56 Å². The third kappa shape index (κ3) is 3.85. The Morgan fingerprint density at radius 3 is 2.59 bits per heavy atom. The summed E-state index contributed by atoms with van der Waals surface area (Å²) in [4.78, 5) is 11.9. The molecular formula is C12H17NO3S. The van der Waals surface area contributed by atoms with Crippen LogP contribution in [0.1, 0.15) is 30.6 Å². The summed E-state index contributed by atoms with van der Waals surface area (Å²) in [5, 5.41) is 2.79. The van der Waals surface area contributed by atoms with Crippen molar-refractivity contribution in [1.82, 2.24) is 5.32 Å². The molecule has 0 bridgehead atoms. The number of hydrogen-bond donors (Lipinski definition) is 1. The molecule has 5 heteroatoms. The predicted molar refractivity (Wildman–Crippen MR) is 66.8 cm³/mol. The highest BCUT2D eigenvalue weighted by Gasteiger charge is 2.12. The van der Waals surface area contributed by atoms with Crippen LogP contribution in [0.4, 0.5) is 0 Å². The molecule has 0 saturated heterocycles. The van der Waals surface area contributed by atoms with E-state index in [4.69, 9.17) is 0 Å². The average Bonchev–Trinajstić information content (AvgIpc) is 2.28. The Bertz CT molecular complexity index is 508. The SMILES string of the molecule is CC[C@H](C)NC(=O)c1cccc(S(C)(=O)=O)c1. The second-order valence-corrected chi connectivity index (χ2v) is 6.10. The Balaban J connectivity index is 2.97. The van der Waals surface area contributed by atoms with Crippen molar-refractivity contribution in [2.24, 2.45) is 0 Å². The lowest BCUT2D eigenvalue weighted by Gasteiger charge is -2.11. The van der Waals surface area contributed by atoms with Gasteiger partial charge in [-0.2, -0.15) is 0 Å². The van der Waals surface area contributed by atoms with Gasteiger partial charge in [-0.05, 0) is 31.5 Å². The molecule has 1 atom stereocenters. The number of sulfone groups is 1. The Morgan fingerprint density at radius 2 is 2.06 bits per heavy atom. The maximum absolute atomic E-state index is 11.8. The molecule has 4 nitrogen and oxygen atoms in total. The number of nitrogens with one attached hydrogen (secondary N) is 1. The molecule has 1 amide bonds. The van der Waals surface area contributed by atoms with Gasteiger partial charge in [-0.15, -0.1) is 0 Å². The Labute approximate surface area is 102 Å². The van der Waals surface area contributed by atoms with Crippen LogP contribution in [0.15, 0.2) is 29.2 Å². The molecule has 0 unspecified atom stereocenters. The van der Waals surface area contributed by atoms with Crippen LogP contribution in [0, 0.1) is 0 Å². The van der Waals surface area contributed by atoms with Crippen LogP contribution in [0.5, 0.6) is 0 Å². The van der Waals surface area contributed by atoms with E-state index in [-0.39, 0.29) is 16.8 Å². The fourth-order valence-corrected chi connectivity index (χ4v) is 1.94. The Kier molecular flexibility index (Phi) is 4.28. The second kappa shape index (κ2) is 5.31. The Morgan fingerprint density at radius 1 is 1.41 bits per heavy atom. The van der Waals surface area contributed by atoms with E-state index in [1.54, 1.807) is 12.1 Å². The van der Waals surface area contributed by atoms with Crippen molar-refractivity contribution in [1.29, 1.82) is 0 Å². The summed E-state index contributed by atoms with van der Waals surface area (Å²) in [7, 11) is -3.27. The highest BCUT2D eigenvalue weighted by molar-refractivity contribution is 7.90. The molecule has 1 N–H and O–H groups in total. The predicted octanol–water partition coefficient (Wildman–Crippen LogP) is 1.62. The molecule has 0 aliphatic rings. The van der Waals surface area contributed by atoms with E-state index in [9.17, 15) is 13.2 Å². The van der Waals surface area contributed by atoms with Crippen molar-refractivity contribution in [3.63, 3.8) is 0 Å². The minimum atomic E-state index is -3.27. The highest BCUT2D eigenvalue weighted by atomic mass is 32.2. The minimum absolute atomic E-state index is 0.0735. The van der Waals surface area contributed by atoms with Crippen LogP contribution in [-0.2, 0) is 9.84 Å². The van der Waals surface area contributed by atoms with Gasteiger partial charge in [0.1, 0.15) is 0 Å². The van der Waals surface area contributed by atoms with Crippen LogP contribution in [0.2, 0.25) is 0 Å². The van der Waals surface area contributed by atoms with Gasteiger partial charge in [0.25, 0.3) is 5.91 Å². The summed E-state index contributed by atoms with van der Waals surface area (Å²) in [6.07, 6.45) is 1.95. The lowest BCUT2D eigenvalue weighted by atomic mass is 10.2. The van der Waals surface area contributed by atoms with Crippen LogP contribution < -0.4 is 5.32 Å². The van der Waals surface area contributed by atoms with Gasteiger partial charge >= 0.3 is 0 Å². The first kappa shape index (κ1) is 13.7. The number of benzene rings is 1. The topological polar surface area (TPSA) is 63.2 Å². The molecule has 1 aromatic carbocycles. The number of amides is 1. The standard InChI is InChI=1S/C12H17NO3S/c1-4-9(2)13-12(14)10-6-5-7-11(8-10)17(3,15)16/h5-9H,4H2,1-3H3,(H,13,14)/t9-/m0/s1. The second-order valence-electron chi connectivity index (χ2n) is 4.08. The minimum Gasteiger partial charge on any atom is -0.350 e. The third-order valence-electron chi connectivity index (χ3n) is 2.51. The Hall–Kier alpha value is -1.36. The largest absolute Gasteiger partial charge is 0.350 e. The van der Waals surface area contributed by atoms with E-state index >= 15 is 0 Å². The van der Waals surface area contributed by atoms with Crippen LogP contribution >= 0.6 is 0 Å². The first-order valence-electron chi connectivity index (χ1n) is 5.45. The summed E-state index contributed by atoms with van der Waals surface area (Å²) < 4.78 is 22.7. The van der Waals surface area contributed by atoms with Crippen molar-refractivity contribution >= 4 is 15.7 Å². The van der Waals surface area contributed by atoms with E-state index in [1.807, 2.05) is 13.8 Å². The molecule has 1 rings (SSSR count). The molecule has 94 valence electrons. The highest BCUT2D eigenvalue weighted by Crippen LogP contribution is 2.11. The van der Waals surface area contributed by atoms with E-state index < -0.39 is 9.84 Å². The van der Waals surface area contributed by atoms with Gasteiger partial charge in [-0.1, -0.05) is 13.0 Å². The maximum Gasteiger partial charge on any atom is 0.251 e. The summed E-state index contributed by atoms with van der Waals surface area (Å²) >= 11 is 0. The van der Waals surface area contributed by atoms with Gasteiger partial charge in [0.2, 0.25) is 0 Å². The number of rotatable bonds is 4. The number of hydrogen-bond acceptors (Lipinski definition) is 3. The molecule has 0 fully saturated rings. The van der Waals surface area contributed by atoms with Gasteiger partial charge in [-0.3, -0.25) is 4.79 Å². The monoisotopic (exact) mass is 255 g/mol. The van der Waals surface area contributed by atoms with Crippen molar-refractivity contribution < 1.29 is 13.2 Å². The normalized spacial score (nSPS) is 13.1. The lowest BCUT2D eigenvalue weighted by Crippen LogP contribution is -2.31. The van der Waals surface area contributed by atoms with Crippen molar-refractivity contribution in [3.8, 4) is 0 Å². The zero-order chi connectivity index (χ0) is 13.1. The fraction of sp³-hybridized carbons (Fsp3) is 0.417. The van der Waals surface area contributed by atoms with Gasteiger partial charge in [0, 0.05) is 17.9 Å². The zero-order valence-corrected chi connectivity index (χ0v) is 11.0. The molecule has 0 spiro atoms. The van der Waals surface area contributed by atoms with Crippen molar-refractivity contribution in [3.05, 3.63) is 29.8 Å². The van der Waals surface area contributed by atoms with E-state index in [0.717, 1.165) is 12.7 Å². The average molecular weight is 255 g/mol. The van der Waals surface area contributed by atoms with Gasteiger partial charge in [-0.25, -0.2) is 8.42 Å². The summed E-state index contributed by atoms with van der Waals surface area (Å²) in [5.41, 5.74) is 0.369. The lowest BCUT2D eigenvalue weighted by molar-refractivity contribution is 0.0939. The fourth-order valence-electron chi connectivity index (χ4n) is 1.28. The van der Waals surface area contributed by atoms with Gasteiger partial charge in [0.05, 0.1) is 4.90 Å². The summed E-state index contributed by atoms with van der Waals surface area (Å²) in [6.45, 7) is 3.87. The molecule has 0 aliphatic carbocycles. The molecule has 0 aromatic heterocycles. The molecule has 0 heterocycles. The molecular weight excluding hydrogens is 238 g/mol. The van der Waals surface area contributed by atoms with Crippen molar-refractivity contribution in [2.45, 2.75) is 31.2 Å². The zero-order valence-electron chi connectivity index (χ0n) is 10.2. The molecule has 0 radical (unpaired) electrons. The first-order valence-corrected chi connectivity index (χ1v) is 7.34. The molecule has 1 aromatic rings. The van der Waals surface area contributed by atoms with Crippen LogP contribution in [-0.4, -0.2) is 26.6 Å². The van der Waals surface area contributed by atoms with E-state index in [1.165, 1.54) is 12.1 Å². The van der Waals surface area contributed by atoms with E-state index in [2.05, 4.69) is 5.32 Å². The number of carbonyl (C=O) groups excluding carboxylic acids is 1. The molecule has 17 heavy (non-hydrogen) atoms. The first-order chi connectivity index (χ1) is 7.84. The van der Waals surface area contributed by atoms with Gasteiger partial charge < -0.3 is 5.32 Å². The van der Waals surface area contributed by atoms with Crippen LogP contribution in [0.3, 0.4) is 0 Å². The molecule has 0 saturated carbocycles.